The molecular weight excluding hydrogens is 521 g/mol. The highest BCUT2D eigenvalue weighted by atomic mass is 127. The number of piperazine rings is 1. The Labute approximate surface area is 207 Å². The number of benzene rings is 1. The summed E-state index contributed by atoms with van der Waals surface area (Å²) in [6, 6.07) is 8.15. The SMILES string of the molecule is CN=C(NCCCC(=O)N1CCc2ccccc21)N1CCN(C(=O)C2CCCO2)CC1.I. The highest BCUT2D eigenvalue weighted by molar-refractivity contribution is 14.0. The van der Waals surface area contributed by atoms with E-state index in [0.717, 1.165) is 57.0 Å². The van der Waals surface area contributed by atoms with Crippen LogP contribution >= 0.6 is 24.0 Å². The third-order valence-corrected chi connectivity index (χ3v) is 6.35. The molecule has 1 N–H and O–H groups in total. The molecule has 8 nitrogen and oxygen atoms in total. The van der Waals surface area contributed by atoms with Crippen LogP contribution in [0.2, 0.25) is 0 Å². The molecule has 0 radical (unpaired) electrons. The second kappa shape index (κ2) is 11.8. The van der Waals surface area contributed by atoms with Gasteiger partial charge in [-0.15, -0.1) is 24.0 Å². The Morgan fingerprint density at radius 1 is 1.12 bits per heavy atom. The summed E-state index contributed by atoms with van der Waals surface area (Å²) in [5.74, 6) is 1.15. The molecule has 0 saturated carbocycles. The van der Waals surface area contributed by atoms with Gasteiger partial charge in [-0.3, -0.25) is 14.6 Å². The smallest absolute Gasteiger partial charge is 0.251 e. The van der Waals surface area contributed by atoms with Crippen molar-refractivity contribution in [2.24, 2.45) is 4.99 Å². The van der Waals surface area contributed by atoms with Crippen LogP contribution in [0.5, 0.6) is 0 Å². The van der Waals surface area contributed by atoms with Gasteiger partial charge in [0.25, 0.3) is 5.91 Å². The predicted octanol–water partition coefficient (Wildman–Crippen LogP) is 1.87. The Kier molecular flexibility index (Phi) is 9.15. The first-order chi connectivity index (χ1) is 15.2. The van der Waals surface area contributed by atoms with Crippen molar-refractivity contribution in [2.45, 2.75) is 38.2 Å². The topological polar surface area (TPSA) is 77.5 Å². The number of nitrogens with zero attached hydrogens (tertiary/aromatic N) is 4. The van der Waals surface area contributed by atoms with Gasteiger partial charge in [0, 0.05) is 65.0 Å². The van der Waals surface area contributed by atoms with E-state index >= 15 is 0 Å². The van der Waals surface area contributed by atoms with E-state index in [0.29, 0.717) is 32.7 Å². The van der Waals surface area contributed by atoms with Crippen LogP contribution in [-0.4, -0.2) is 86.6 Å². The lowest BCUT2D eigenvalue weighted by Crippen LogP contribution is -2.55. The maximum Gasteiger partial charge on any atom is 0.251 e. The molecule has 2 amide bonds. The van der Waals surface area contributed by atoms with E-state index in [4.69, 9.17) is 4.74 Å². The molecule has 1 atom stereocenters. The molecule has 2 fully saturated rings. The third kappa shape index (κ3) is 5.72. The number of rotatable bonds is 5. The van der Waals surface area contributed by atoms with Crippen LogP contribution in [0.25, 0.3) is 0 Å². The fourth-order valence-corrected chi connectivity index (χ4v) is 4.62. The molecular formula is C23H34IN5O3. The molecule has 1 aromatic rings. The quantitative estimate of drug-likeness (QED) is 0.260. The van der Waals surface area contributed by atoms with Crippen LogP contribution in [0, 0.1) is 0 Å². The maximum absolute atomic E-state index is 12.6. The number of hydrogen-bond acceptors (Lipinski definition) is 4. The summed E-state index contributed by atoms with van der Waals surface area (Å²) >= 11 is 0. The van der Waals surface area contributed by atoms with E-state index in [-0.39, 0.29) is 41.9 Å². The van der Waals surface area contributed by atoms with E-state index in [1.54, 1.807) is 7.05 Å². The fraction of sp³-hybridized carbons (Fsp3) is 0.609. The van der Waals surface area contributed by atoms with Crippen LogP contribution < -0.4 is 10.2 Å². The van der Waals surface area contributed by atoms with Gasteiger partial charge >= 0.3 is 0 Å². The minimum Gasteiger partial charge on any atom is -0.368 e. The largest absolute Gasteiger partial charge is 0.368 e. The van der Waals surface area contributed by atoms with Crippen LogP contribution in [0.1, 0.15) is 31.2 Å². The van der Waals surface area contributed by atoms with Crippen molar-refractivity contribution in [1.82, 2.24) is 15.1 Å². The first kappa shape index (κ1) is 24.8. The fourth-order valence-electron chi connectivity index (χ4n) is 4.62. The van der Waals surface area contributed by atoms with Crippen molar-refractivity contribution in [1.29, 1.82) is 0 Å². The number of guanidine groups is 1. The van der Waals surface area contributed by atoms with Crippen molar-refractivity contribution >= 4 is 47.4 Å². The molecule has 0 aromatic heterocycles. The third-order valence-electron chi connectivity index (χ3n) is 6.35. The van der Waals surface area contributed by atoms with Gasteiger partial charge in [-0.25, -0.2) is 0 Å². The number of halogens is 1. The number of amides is 2. The summed E-state index contributed by atoms with van der Waals surface area (Å²) in [5.41, 5.74) is 2.32. The van der Waals surface area contributed by atoms with Crippen LogP contribution in [0.15, 0.2) is 29.3 Å². The van der Waals surface area contributed by atoms with Crippen LogP contribution in [0.4, 0.5) is 5.69 Å². The molecule has 3 heterocycles. The number of ether oxygens (including phenoxy) is 1. The minimum absolute atomic E-state index is 0. The summed E-state index contributed by atoms with van der Waals surface area (Å²) in [6.45, 7) is 5.05. The molecule has 4 rings (SSSR count). The molecule has 32 heavy (non-hydrogen) atoms. The number of para-hydroxylation sites is 1. The summed E-state index contributed by atoms with van der Waals surface area (Å²) in [7, 11) is 1.78. The highest BCUT2D eigenvalue weighted by Gasteiger charge is 2.31. The number of carbonyl (C=O) groups excluding carboxylic acids is 2. The monoisotopic (exact) mass is 555 g/mol. The minimum atomic E-state index is -0.246. The number of hydrogen-bond donors (Lipinski definition) is 1. The molecule has 2 saturated heterocycles. The van der Waals surface area contributed by atoms with E-state index in [1.165, 1.54) is 5.56 Å². The molecule has 9 heteroatoms. The average Bonchev–Trinajstić information content (AvgIpc) is 3.49. The van der Waals surface area contributed by atoms with E-state index in [9.17, 15) is 9.59 Å². The number of anilines is 1. The van der Waals surface area contributed by atoms with Crippen molar-refractivity contribution in [2.75, 3.05) is 57.8 Å². The van der Waals surface area contributed by atoms with Gasteiger partial charge in [0.15, 0.2) is 5.96 Å². The molecule has 0 aliphatic carbocycles. The van der Waals surface area contributed by atoms with E-state index in [2.05, 4.69) is 21.3 Å². The summed E-state index contributed by atoms with van der Waals surface area (Å²) in [6.07, 6.45) is 3.78. The number of fused-ring (bicyclic) bond motifs is 1. The lowest BCUT2D eigenvalue weighted by atomic mass is 10.2. The molecule has 1 unspecified atom stereocenters. The second-order valence-corrected chi connectivity index (χ2v) is 8.32. The van der Waals surface area contributed by atoms with Crippen molar-refractivity contribution in [3.8, 4) is 0 Å². The first-order valence-corrected chi connectivity index (χ1v) is 11.4. The lowest BCUT2D eigenvalue weighted by Gasteiger charge is -2.37. The number of aliphatic imine (C=N–C) groups is 1. The van der Waals surface area contributed by atoms with E-state index in [1.807, 2.05) is 28.0 Å². The Morgan fingerprint density at radius 3 is 2.59 bits per heavy atom. The second-order valence-electron chi connectivity index (χ2n) is 8.32. The van der Waals surface area contributed by atoms with Gasteiger partial charge in [-0.05, 0) is 37.3 Å². The highest BCUT2D eigenvalue weighted by Crippen LogP contribution is 2.28. The predicted molar refractivity (Wildman–Crippen MR) is 136 cm³/mol. The maximum atomic E-state index is 12.6. The van der Waals surface area contributed by atoms with Crippen molar-refractivity contribution < 1.29 is 14.3 Å². The molecule has 0 bridgehead atoms. The zero-order chi connectivity index (χ0) is 21.6. The van der Waals surface area contributed by atoms with Gasteiger partial charge in [-0.2, -0.15) is 0 Å². The van der Waals surface area contributed by atoms with Gasteiger partial charge in [0.05, 0.1) is 0 Å². The number of carbonyl (C=O) groups is 2. The average molecular weight is 555 g/mol. The molecule has 3 aliphatic rings. The zero-order valence-corrected chi connectivity index (χ0v) is 21.1. The van der Waals surface area contributed by atoms with Crippen LogP contribution in [0.3, 0.4) is 0 Å². The summed E-state index contributed by atoms with van der Waals surface area (Å²) in [4.78, 5) is 35.5. The standard InChI is InChI=1S/C23H33N5O3.HI/c1-24-23(27-15-13-26(14-16-27)22(30)20-8-5-17-31-20)25-11-4-9-21(29)28-12-10-18-6-2-3-7-19(18)28;/h2-3,6-7,20H,4-5,8-17H2,1H3,(H,24,25);1H. The molecule has 3 aliphatic heterocycles. The van der Waals surface area contributed by atoms with Gasteiger partial charge in [0.1, 0.15) is 6.10 Å². The van der Waals surface area contributed by atoms with E-state index < -0.39 is 0 Å². The van der Waals surface area contributed by atoms with Crippen molar-refractivity contribution in [3.63, 3.8) is 0 Å². The lowest BCUT2D eigenvalue weighted by molar-refractivity contribution is -0.142. The normalized spacial score (nSPS) is 20.7. The molecule has 1 aromatic carbocycles. The summed E-state index contributed by atoms with van der Waals surface area (Å²) in [5, 5.41) is 3.38. The zero-order valence-electron chi connectivity index (χ0n) is 18.8. The Balaban J connectivity index is 0.00000289. The Bertz CT molecular complexity index is 820. The first-order valence-electron chi connectivity index (χ1n) is 11.4. The Morgan fingerprint density at radius 2 is 1.88 bits per heavy atom. The van der Waals surface area contributed by atoms with Gasteiger partial charge < -0.3 is 24.8 Å². The van der Waals surface area contributed by atoms with Gasteiger partial charge in [-0.1, -0.05) is 18.2 Å². The van der Waals surface area contributed by atoms with Crippen LogP contribution in [-0.2, 0) is 20.7 Å². The molecule has 176 valence electrons. The number of nitrogens with one attached hydrogen (secondary N) is 1. The summed E-state index contributed by atoms with van der Waals surface area (Å²) < 4.78 is 5.53. The van der Waals surface area contributed by atoms with Crippen molar-refractivity contribution in [3.05, 3.63) is 29.8 Å². The van der Waals surface area contributed by atoms with Gasteiger partial charge in [0.2, 0.25) is 5.91 Å². The Hall–Kier alpha value is -1.88. The molecule has 0 spiro atoms.